The molecule has 0 aliphatic rings. The number of hydrogen-bond acceptors (Lipinski definition) is 6. The Morgan fingerprint density at radius 3 is 2.38 bits per heavy atom. The van der Waals surface area contributed by atoms with Gasteiger partial charge in [-0.25, -0.2) is 4.79 Å². The summed E-state index contributed by atoms with van der Waals surface area (Å²) in [4.78, 5) is 24.9. The van der Waals surface area contributed by atoms with Crippen LogP contribution in [0.3, 0.4) is 0 Å². The van der Waals surface area contributed by atoms with Crippen LogP contribution in [0, 0.1) is 0 Å². The van der Waals surface area contributed by atoms with Crippen LogP contribution < -0.4 is 11.1 Å². The number of thioether (sulfide) groups is 1. The molecule has 29 heavy (non-hydrogen) atoms. The molecule has 2 atom stereocenters. The molecule has 0 heterocycles. The molecular formula is C21H27ClN2O4S. The fourth-order valence-corrected chi connectivity index (χ4v) is 3.04. The summed E-state index contributed by atoms with van der Waals surface area (Å²) in [6.45, 7) is 0.158. The van der Waals surface area contributed by atoms with Crippen LogP contribution >= 0.6 is 24.2 Å². The smallest absolute Gasteiger partial charge is 0.329 e. The quantitative estimate of drug-likeness (QED) is 0.493. The number of rotatable bonds is 10. The third-order valence-corrected chi connectivity index (χ3v) is 4.81. The van der Waals surface area contributed by atoms with Gasteiger partial charge < -0.3 is 20.9 Å². The molecule has 0 saturated heterocycles. The van der Waals surface area contributed by atoms with Gasteiger partial charge in [0.05, 0.1) is 6.04 Å². The Kier molecular flexibility index (Phi) is 11.2. The molecule has 4 N–H and O–H groups in total. The molecule has 0 unspecified atom stereocenters. The second-order valence-corrected chi connectivity index (χ2v) is 7.40. The maximum Gasteiger partial charge on any atom is 0.329 e. The van der Waals surface area contributed by atoms with Crippen molar-refractivity contribution in [3.8, 4) is 5.75 Å². The lowest BCUT2D eigenvalue weighted by Gasteiger charge is -2.20. The molecule has 6 nitrogen and oxygen atoms in total. The normalized spacial score (nSPS) is 12.3. The van der Waals surface area contributed by atoms with Crippen LogP contribution in [0.15, 0.2) is 54.6 Å². The number of phenolic OH excluding ortho intramolecular Hbond substituents is 1. The largest absolute Gasteiger partial charge is 0.508 e. The lowest BCUT2D eigenvalue weighted by Crippen LogP contribution is -2.49. The van der Waals surface area contributed by atoms with Gasteiger partial charge in [-0.2, -0.15) is 11.8 Å². The maximum atomic E-state index is 12.5. The first kappa shape index (κ1) is 24.8. The van der Waals surface area contributed by atoms with E-state index in [0.717, 1.165) is 11.1 Å². The minimum atomic E-state index is -0.803. The topological polar surface area (TPSA) is 102 Å². The van der Waals surface area contributed by atoms with Crippen LogP contribution in [0.1, 0.15) is 17.5 Å². The summed E-state index contributed by atoms with van der Waals surface area (Å²) in [6.07, 6.45) is 2.71. The summed E-state index contributed by atoms with van der Waals surface area (Å²) in [5, 5.41) is 12.0. The molecule has 158 valence electrons. The molecular weight excluding hydrogens is 412 g/mol. The van der Waals surface area contributed by atoms with Gasteiger partial charge in [0.15, 0.2) is 0 Å². The lowest BCUT2D eigenvalue weighted by molar-refractivity contribution is -0.149. The first-order valence-corrected chi connectivity index (χ1v) is 10.4. The van der Waals surface area contributed by atoms with Gasteiger partial charge >= 0.3 is 5.97 Å². The molecule has 2 rings (SSSR count). The highest BCUT2D eigenvalue weighted by atomic mass is 35.5. The standard InChI is InChI=1S/C21H26N2O4S.ClH/c1-28-12-11-19(21(26)27-14-16-5-3-2-4-6-16)23-20(25)18(22)13-15-7-9-17(24)10-8-15;/h2-10,18-19,24H,11-14,22H2,1H3,(H,23,25);1H/t18-,19+;/m1./s1. The van der Waals surface area contributed by atoms with Gasteiger partial charge in [-0.3, -0.25) is 4.79 Å². The Bertz CT molecular complexity index is 759. The zero-order valence-corrected chi connectivity index (χ0v) is 17.9. The molecule has 0 aliphatic carbocycles. The summed E-state index contributed by atoms with van der Waals surface area (Å²) in [7, 11) is 0. The van der Waals surface area contributed by atoms with Crippen LogP contribution in [-0.2, 0) is 27.4 Å². The van der Waals surface area contributed by atoms with Crippen molar-refractivity contribution in [3.05, 3.63) is 65.7 Å². The SMILES string of the molecule is CSCC[C@H](NC(=O)[C@H](N)Cc1ccc(O)cc1)C(=O)OCc1ccccc1.Cl. The van der Waals surface area contributed by atoms with Gasteiger partial charge in [0.1, 0.15) is 18.4 Å². The van der Waals surface area contributed by atoms with E-state index in [-0.39, 0.29) is 24.8 Å². The fourth-order valence-electron chi connectivity index (χ4n) is 2.57. The van der Waals surface area contributed by atoms with Gasteiger partial charge in [0.2, 0.25) is 5.91 Å². The molecule has 0 fully saturated rings. The molecule has 2 aromatic carbocycles. The molecule has 2 aromatic rings. The van der Waals surface area contributed by atoms with Gasteiger partial charge in [-0.05, 0) is 48.1 Å². The number of halogens is 1. The number of ether oxygens (including phenoxy) is 1. The predicted octanol–water partition coefficient (Wildman–Crippen LogP) is 2.67. The highest BCUT2D eigenvalue weighted by Gasteiger charge is 2.25. The Balaban J connectivity index is 0.00000420. The van der Waals surface area contributed by atoms with Crippen molar-refractivity contribution in [2.45, 2.75) is 31.5 Å². The van der Waals surface area contributed by atoms with Crippen molar-refractivity contribution in [1.82, 2.24) is 5.32 Å². The zero-order chi connectivity index (χ0) is 20.4. The van der Waals surface area contributed by atoms with Crippen LogP contribution in [0.2, 0.25) is 0 Å². The number of esters is 1. The number of nitrogens with two attached hydrogens (primary N) is 1. The van der Waals surface area contributed by atoms with E-state index < -0.39 is 24.0 Å². The second-order valence-electron chi connectivity index (χ2n) is 6.41. The van der Waals surface area contributed by atoms with Crippen molar-refractivity contribution in [1.29, 1.82) is 0 Å². The number of phenols is 1. The highest BCUT2D eigenvalue weighted by Crippen LogP contribution is 2.11. The van der Waals surface area contributed by atoms with Gasteiger partial charge in [-0.1, -0.05) is 42.5 Å². The lowest BCUT2D eigenvalue weighted by atomic mass is 10.1. The van der Waals surface area contributed by atoms with Crippen molar-refractivity contribution in [2.24, 2.45) is 5.73 Å². The summed E-state index contributed by atoms with van der Waals surface area (Å²) in [5.74, 6) is -0.0162. The van der Waals surface area contributed by atoms with Crippen LogP contribution in [0.25, 0.3) is 0 Å². The third-order valence-electron chi connectivity index (χ3n) is 4.16. The van der Waals surface area contributed by atoms with E-state index in [4.69, 9.17) is 10.5 Å². The van der Waals surface area contributed by atoms with Crippen molar-refractivity contribution >= 4 is 36.0 Å². The highest BCUT2D eigenvalue weighted by molar-refractivity contribution is 7.98. The van der Waals surface area contributed by atoms with Crippen molar-refractivity contribution in [3.63, 3.8) is 0 Å². The molecule has 1 amide bonds. The molecule has 0 radical (unpaired) electrons. The van der Waals surface area contributed by atoms with Gasteiger partial charge in [0.25, 0.3) is 0 Å². The number of aromatic hydroxyl groups is 1. The van der Waals surface area contributed by atoms with Crippen LogP contribution in [0.4, 0.5) is 0 Å². The fraction of sp³-hybridized carbons (Fsp3) is 0.333. The van der Waals surface area contributed by atoms with E-state index in [1.165, 1.54) is 0 Å². The zero-order valence-electron chi connectivity index (χ0n) is 16.2. The monoisotopic (exact) mass is 438 g/mol. The summed E-state index contributed by atoms with van der Waals surface area (Å²) >= 11 is 1.59. The van der Waals surface area contributed by atoms with Gasteiger partial charge in [0, 0.05) is 0 Å². The third kappa shape index (κ3) is 8.77. The predicted molar refractivity (Wildman–Crippen MR) is 118 cm³/mol. The minimum Gasteiger partial charge on any atom is -0.508 e. The number of carbonyl (C=O) groups excluding carboxylic acids is 2. The Morgan fingerprint density at radius 1 is 1.10 bits per heavy atom. The first-order chi connectivity index (χ1) is 13.5. The maximum absolute atomic E-state index is 12.5. The van der Waals surface area contributed by atoms with E-state index >= 15 is 0 Å². The average Bonchev–Trinajstić information content (AvgIpc) is 2.71. The first-order valence-electron chi connectivity index (χ1n) is 9.03. The van der Waals surface area contributed by atoms with E-state index in [0.29, 0.717) is 18.6 Å². The molecule has 0 saturated carbocycles. The Morgan fingerprint density at radius 2 is 1.76 bits per heavy atom. The summed E-state index contributed by atoms with van der Waals surface area (Å²) in [6, 6.07) is 14.3. The van der Waals surface area contributed by atoms with E-state index in [9.17, 15) is 14.7 Å². The number of amides is 1. The summed E-state index contributed by atoms with van der Waals surface area (Å²) < 4.78 is 5.37. The van der Waals surface area contributed by atoms with Crippen LogP contribution in [0.5, 0.6) is 5.75 Å². The minimum absolute atomic E-state index is 0. The van der Waals surface area contributed by atoms with E-state index in [1.807, 2.05) is 36.6 Å². The number of benzene rings is 2. The molecule has 0 bridgehead atoms. The molecule has 8 heteroatoms. The Hall–Kier alpha value is -2.22. The molecule has 0 aliphatic heterocycles. The molecule has 0 aromatic heterocycles. The number of nitrogens with one attached hydrogen (secondary N) is 1. The number of carbonyl (C=O) groups is 2. The number of hydrogen-bond donors (Lipinski definition) is 3. The van der Waals surface area contributed by atoms with E-state index in [2.05, 4.69) is 5.32 Å². The van der Waals surface area contributed by atoms with Crippen LogP contribution in [-0.4, -0.2) is 41.1 Å². The average molecular weight is 439 g/mol. The van der Waals surface area contributed by atoms with E-state index in [1.54, 1.807) is 36.0 Å². The van der Waals surface area contributed by atoms with Gasteiger partial charge in [-0.15, -0.1) is 12.4 Å². The Labute approximate surface area is 181 Å². The van der Waals surface area contributed by atoms with Crippen molar-refractivity contribution in [2.75, 3.05) is 12.0 Å². The van der Waals surface area contributed by atoms with Crippen molar-refractivity contribution < 1.29 is 19.4 Å². The summed E-state index contributed by atoms with van der Waals surface area (Å²) in [5.41, 5.74) is 7.71. The second kappa shape index (κ2) is 13.1. The molecule has 0 spiro atoms.